The van der Waals surface area contributed by atoms with Crippen LogP contribution in [0.1, 0.15) is 26.3 Å². The summed E-state index contributed by atoms with van der Waals surface area (Å²) in [7, 11) is 2.87. The standard InChI is InChI=1S/C18H16N2O4S/c1-10-5-4-6-12(15(10)23-2)16(21)20-18-19-13-8-7-11(17(22)24-3)9-14(13)25-18/h4-9H,1-3H3,(H,19,20,21). The van der Waals surface area contributed by atoms with E-state index in [1.54, 1.807) is 30.3 Å². The molecule has 128 valence electrons. The van der Waals surface area contributed by atoms with Gasteiger partial charge < -0.3 is 9.47 Å². The lowest BCUT2D eigenvalue weighted by atomic mass is 10.1. The summed E-state index contributed by atoms with van der Waals surface area (Å²) in [5.41, 5.74) is 2.46. The number of amides is 1. The Hall–Kier alpha value is -2.93. The number of hydrogen-bond acceptors (Lipinski definition) is 6. The SMILES string of the molecule is COC(=O)c1ccc2nc(NC(=O)c3cccc(C)c3OC)sc2c1. The number of para-hydroxylation sites is 1. The largest absolute Gasteiger partial charge is 0.496 e. The van der Waals surface area contributed by atoms with Gasteiger partial charge in [-0.25, -0.2) is 9.78 Å². The van der Waals surface area contributed by atoms with E-state index < -0.39 is 5.97 Å². The number of benzene rings is 2. The number of thiazole rings is 1. The molecule has 2 aromatic carbocycles. The van der Waals surface area contributed by atoms with Gasteiger partial charge in [-0.05, 0) is 36.8 Å². The number of anilines is 1. The average molecular weight is 356 g/mol. The maximum atomic E-state index is 12.5. The number of aromatic nitrogens is 1. The van der Waals surface area contributed by atoms with Crippen LogP contribution < -0.4 is 10.1 Å². The van der Waals surface area contributed by atoms with Crippen molar-refractivity contribution in [2.75, 3.05) is 19.5 Å². The van der Waals surface area contributed by atoms with E-state index in [2.05, 4.69) is 10.3 Å². The number of rotatable bonds is 4. The lowest BCUT2D eigenvalue weighted by Gasteiger charge is -2.10. The minimum absolute atomic E-state index is 0.298. The van der Waals surface area contributed by atoms with Crippen molar-refractivity contribution in [3.8, 4) is 5.75 Å². The molecule has 0 saturated carbocycles. The van der Waals surface area contributed by atoms with Crippen LogP contribution in [0, 0.1) is 6.92 Å². The number of nitrogens with zero attached hydrogens (tertiary/aromatic N) is 1. The lowest BCUT2D eigenvalue weighted by Crippen LogP contribution is -2.13. The van der Waals surface area contributed by atoms with Crippen molar-refractivity contribution in [2.24, 2.45) is 0 Å². The van der Waals surface area contributed by atoms with Gasteiger partial charge in [0.05, 0.1) is 35.6 Å². The van der Waals surface area contributed by atoms with Crippen molar-refractivity contribution in [1.29, 1.82) is 0 Å². The Kier molecular flexibility index (Phi) is 4.67. The second-order valence-corrected chi connectivity index (χ2v) is 6.33. The highest BCUT2D eigenvalue weighted by atomic mass is 32.1. The Morgan fingerprint density at radius 2 is 1.96 bits per heavy atom. The van der Waals surface area contributed by atoms with Gasteiger partial charge in [-0.3, -0.25) is 10.1 Å². The average Bonchev–Trinajstić information content (AvgIpc) is 3.01. The van der Waals surface area contributed by atoms with E-state index in [1.165, 1.54) is 25.6 Å². The fourth-order valence-corrected chi connectivity index (χ4v) is 3.39. The highest BCUT2D eigenvalue weighted by Crippen LogP contribution is 2.29. The van der Waals surface area contributed by atoms with E-state index in [0.29, 0.717) is 27.5 Å². The van der Waals surface area contributed by atoms with Crippen LogP contribution in [-0.4, -0.2) is 31.1 Å². The minimum atomic E-state index is -0.412. The molecule has 0 aliphatic rings. The first-order valence-electron chi connectivity index (χ1n) is 7.47. The van der Waals surface area contributed by atoms with E-state index in [-0.39, 0.29) is 5.91 Å². The van der Waals surface area contributed by atoms with Gasteiger partial charge in [0.1, 0.15) is 5.75 Å². The van der Waals surface area contributed by atoms with Crippen LogP contribution in [0.3, 0.4) is 0 Å². The fraction of sp³-hybridized carbons (Fsp3) is 0.167. The summed E-state index contributed by atoms with van der Waals surface area (Å²) < 4.78 is 10.8. The number of ether oxygens (including phenoxy) is 2. The number of hydrogen-bond donors (Lipinski definition) is 1. The lowest BCUT2D eigenvalue weighted by molar-refractivity contribution is 0.0601. The number of aryl methyl sites for hydroxylation is 1. The Morgan fingerprint density at radius 3 is 2.68 bits per heavy atom. The van der Waals surface area contributed by atoms with Gasteiger partial charge in [0.15, 0.2) is 5.13 Å². The van der Waals surface area contributed by atoms with E-state index >= 15 is 0 Å². The topological polar surface area (TPSA) is 77.5 Å². The van der Waals surface area contributed by atoms with Gasteiger partial charge in [-0.15, -0.1) is 0 Å². The Bertz CT molecular complexity index is 965. The zero-order valence-corrected chi connectivity index (χ0v) is 14.8. The second kappa shape index (κ2) is 6.90. The third kappa shape index (κ3) is 3.32. The predicted octanol–water partition coefficient (Wildman–Crippen LogP) is 3.65. The first kappa shape index (κ1) is 16.9. The van der Waals surface area contributed by atoms with Crippen molar-refractivity contribution in [3.05, 3.63) is 53.1 Å². The van der Waals surface area contributed by atoms with Gasteiger partial charge in [-0.1, -0.05) is 23.5 Å². The molecule has 0 radical (unpaired) electrons. The summed E-state index contributed by atoms with van der Waals surface area (Å²) in [6, 6.07) is 10.4. The normalized spacial score (nSPS) is 10.5. The molecule has 0 aliphatic heterocycles. The van der Waals surface area contributed by atoms with Crippen molar-refractivity contribution in [3.63, 3.8) is 0 Å². The monoisotopic (exact) mass is 356 g/mol. The van der Waals surface area contributed by atoms with Crippen molar-refractivity contribution < 1.29 is 19.1 Å². The van der Waals surface area contributed by atoms with Crippen molar-refractivity contribution in [2.45, 2.75) is 6.92 Å². The molecule has 0 fully saturated rings. The summed E-state index contributed by atoms with van der Waals surface area (Å²) >= 11 is 1.29. The predicted molar refractivity (Wildman–Crippen MR) is 96.6 cm³/mol. The highest BCUT2D eigenvalue weighted by molar-refractivity contribution is 7.22. The number of carbonyl (C=O) groups is 2. The fourth-order valence-electron chi connectivity index (χ4n) is 2.49. The van der Waals surface area contributed by atoms with Gasteiger partial charge in [0.2, 0.25) is 0 Å². The summed E-state index contributed by atoms with van der Waals surface area (Å²) in [5.74, 6) is -0.174. The molecule has 0 atom stereocenters. The van der Waals surface area contributed by atoms with Crippen molar-refractivity contribution >= 4 is 38.6 Å². The van der Waals surface area contributed by atoms with Crippen LogP contribution >= 0.6 is 11.3 Å². The van der Waals surface area contributed by atoms with Crippen molar-refractivity contribution in [1.82, 2.24) is 4.98 Å². The molecule has 0 saturated heterocycles. The smallest absolute Gasteiger partial charge is 0.337 e. The minimum Gasteiger partial charge on any atom is -0.496 e. The molecule has 1 heterocycles. The maximum absolute atomic E-state index is 12.5. The third-order valence-electron chi connectivity index (χ3n) is 3.69. The van der Waals surface area contributed by atoms with Crippen LogP contribution in [0.4, 0.5) is 5.13 Å². The second-order valence-electron chi connectivity index (χ2n) is 5.30. The Balaban J connectivity index is 1.89. The molecule has 3 rings (SSSR count). The van der Waals surface area contributed by atoms with E-state index in [0.717, 1.165) is 10.3 Å². The summed E-state index contributed by atoms with van der Waals surface area (Å²) in [6.07, 6.45) is 0. The van der Waals surface area contributed by atoms with Crippen LogP contribution in [0.25, 0.3) is 10.2 Å². The van der Waals surface area contributed by atoms with Crippen LogP contribution in [0.15, 0.2) is 36.4 Å². The first-order chi connectivity index (χ1) is 12.0. The number of nitrogens with one attached hydrogen (secondary N) is 1. The first-order valence-corrected chi connectivity index (χ1v) is 8.29. The molecular weight excluding hydrogens is 340 g/mol. The molecule has 1 amide bonds. The molecule has 3 aromatic rings. The summed E-state index contributed by atoms with van der Waals surface area (Å²) in [6.45, 7) is 1.88. The third-order valence-corrected chi connectivity index (χ3v) is 4.62. The number of methoxy groups -OCH3 is 2. The molecule has 1 N–H and O–H groups in total. The molecule has 25 heavy (non-hydrogen) atoms. The number of carbonyl (C=O) groups excluding carboxylic acids is 2. The Morgan fingerprint density at radius 1 is 1.16 bits per heavy atom. The molecule has 0 spiro atoms. The van der Waals surface area contributed by atoms with E-state index in [4.69, 9.17) is 9.47 Å². The van der Waals surface area contributed by atoms with Crippen LogP contribution in [0.5, 0.6) is 5.75 Å². The van der Waals surface area contributed by atoms with Gasteiger partial charge in [0.25, 0.3) is 5.91 Å². The molecule has 0 unspecified atom stereocenters. The highest BCUT2D eigenvalue weighted by Gasteiger charge is 2.16. The van der Waals surface area contributed by atoms with E-state index in [9.17, 15) is 9.59 Å². The van der Waals surface area contributed by atoms with Gasteiger partial charge >= 0.3 is 5.97 Å². The molecule has 6 nitrogen and oxygen atoms in total. The molecular formula is C18H16N2O4S. The summed E-state index contributed by atoms with van der Waals surface area (Å²) in [4.78, 5) is 28.5. The van der Waals surface area contributed by atoms with Crippen LogP contribution in [-0.2, 0) is 4.74 Å². The zero-order chi connectivity index (χ0) is 18.0. The number of esters is 1. The number of fused-ring (bicyclic) bond motifs is 1. The molecule has 0 aliphatic carbocycles. The maximum Gasteiger partial charge on any atom is 0.337 e. The van der Waals surface area contributed by atoms with Gasteiger partial charge in [-0.2, -0.15) is 0 Å². The van der Waals surface area contributed by atoms with Crippen LogP contribution in [0.2, 0.25) is 0 Å². The Labute approximate surface area is 148 Å². The summed E-state index contributed by atoms with van der Waals surface area (Å²) in [5, 5.41) is 3.23. The zero-order valence-electron chi connectivity index (χ0n) is 14.0. The van der Waals surface area contributed by atoms with Gasteiger partial charge in [0, 0.05) is 0 Å². The quantitative estimate of drug-likeness (QED) is 0.722. The molecule has 7 heteroatoms. The molecule has 1 aromatic heterocycles. The molecule has 0 bridgehead atoms. The van der Waals surface area contributed by atoms with E-state index in [1.807, 2.05) is 13.0 Å².